The Hall–Kier alpha value is -7.68. The number of aryl methyl sites for hydroxylation is 2. The first-order chi connectivity index (χ1) is 29.6. The van der Waals surface area contributed by atoms with Gasteiger partial charge in [-0.3, -0.25) is 0 Å². The highest BCUT2D eigenvalue weighted by atomic mass is 15.2. The summed E-state index contributed by atoms with van der Waals surface area (Å²) < 4.78 is 0. The highest BCUT2D eigenvalue weighted by molar-refractivity contribution is 6.08. The molecule has 0 aliphatic rings. The predicted octanol–water partition coefficient (Wildman–Crippen LogP) is 16.6. The summed E-state index contributed by atoms with van der Waals surface area (Å²) in [6, 6.07) is 83.5. The number of nitrogens with zero attached hydrogens (tertiary/aromatic N) is 2. The van der Waals surface area contributed by atoms with E-state index in [2.05, 4.69) is 254 Å². The number of para-hydroxylation sites is 1. The van der Waals surface area contributed by atoms with E-state index >= 15 is 0 Å². The first kappa shape index (κ1) is 36.6. The molecule has 0 N–H and O–H groups in total. The van der Waals surface area contributed by atoms with Gasteiger partial charge in [0.05, 0.1) is 11.4 Å². The Labute approximate surface area is 352 Å². The molecule has 0 saturated heterocycles. The molecular formula is C58H44N2. The van der Waals surface area contributed by atoms with Crippen LogP contribution in [0.1, 0.15) is 11.1 Å². The lowest BCUT2D eigenvalue weighted by Crippen LogP contribution is -2.14. The van der Waals surface area contributed by atoms with Crippen molar-refractivity contribution in [1.29, 1.82) is 0 Å². The van der Waals surface area contributed by atoms with Crippen molar-refractivity contribution in [2.24, 2.45) is 0 Å². The van der Waals surface area contributed by atoms with Gasteiger partial charge in [-0.25, -0.2) is 0 Å². The number of anilines is 6. The van der Waals surface area contributed by atoms with E-state index in [0.717, 1.165) is 34.1 Å². The molecule has 10 aromatic rings. The molecule has 0 aliphatic heterocycles. The number of fused-ring (bicyclic) bond motifs is 2. The van der Waals surface area contributed by atoms with Gasteiger partial charge in [-0.15, -0.1) is 0 Å². The van der Waals surface area contributed by atoms with Gasteiger partial charge < -0.3 is 9.80 Å². The number of hydrogen-bond donors (Lipinski definition) is 0. The maximum absolute atomic E-state index is 2.44. The van der Waals surface area contributed by atoms with Gasteiger partial charge in [-0.2, -0.15) is 0 Å². The highest BCUT2D eigenvalue weighted by Gasteiger charge is 2.22. The van der Waals surface area contributed by atoms with Crippen LogP contribution in [0, 0.1) is 13.8 Å². The average molecular weight is 769 g/mol. The maximum Gasteiger partial charge on any atom is 0.0540 e. The van der Waals surface area contributed by atoms with Gasteiger partial charge in [0.1, 0.15) is 0 Å². The molecule has 2 nitrogen and oxygen atoms in total. The molecule has 0 unspecified atom stereocenters. The van der Waals surface area contributed by atoms with Crippen LogP contribution in [0.25, 0.3) is 54.9 Å². The Kier molecular flexibility index (Phi) is 9.73. The lowest BCUT2D eigenvalue weighted by atomic mass is 9.95. The third kappa shape index (κ3) is 6.78. The molecular weight excluding hydrogens is 725 g/mol. The van der Waals surface area contributed by atoms with Crippen molar-refractivity contribution >= 4 is 55.7 Å². The molecule has 10 rings (SSSR count). The molecule has 10 aromatic carbocycles. The van der Waals surface area contributed by atoms with Gasteiger partial charge in [0.2, 0.25) is 0 Å². The molecule has 0 aliphatic carbocycles. The van der Waals surface area contributed by atoms with Crippen LogP contribution in [-0.2, 0) is 0 Å². The average Bonchev–Trinajstić information content (AvgIpc) is 3.31. The maximum atomic E-state index is 2.44. The Balaban J connectivity index is 1.18. The van der Waals surface area contributed by atoms with Gasteiger partial charge in [0, 0.05) is 33.5 Å². The SMILES string of the molecule is Cc1ccccc1-c1ccc(N(c2cccc(N(c3ccccc3)c3ccc(-c4ccccc4)c4ccccc34)c2)c2ccc(-c3ccccc3)c3ccccc23)cc1C. The standard InChI is InChI=1S/C58H44N2/c1-41-19-12-13-28-49(41)50-34-33-48(39-42(50)2)60(58-38-36-52(44-22-8-4-9-23-44)54-30-15-17-32-56(54)58)47-27-18-26-46(40-47)59(45-24-10-5-11-25-45)57-37-35-51(43-20-6-3-7-21-43)53-29-14-16-31-55(53)57/h3-40H,1-2H3. The zero-order chi connectivity index (χ0) is 40.4. The Morgan fingerprint density at radius 2 is 0.650 bits per heavy atom. The monoisotopic (exact) mass is 768 g/mol. The zero-order valence-electron chi connectivity index (χ0n) is 33.8. The summed E-state index contributed by atoms with van der Waals surface area (Å²) in [6.45, 7) is 4.43. The lowest BCUT2D eigenvalue weighted by Gasteiger charge is -2.31. The Bertz CT molecular complexity index is 3120. The van der Waals surface area contributed by atoms with E-state index in [9.17, 15) is 0 Å². The molecule has 286 valence electrons. The van der Waals surface area contributed by atoms with E-state index in [1.54, 1.807) is 0 Å². The molecule has 0 fully saturated rings. The van der Waals surface area contributed by atoms with Crippen molar-refractivity contribution in [2.45, 2.75) is 13.8 Å². The van der Waals surface area contributed by atoms with Crippen molar-refractivity contribution in [3.05, 3.63) is 242 Å². The molecule has 0 spiro atoms. The van der Waals surface area contributed by atoms with E-state index in [4.69, 9.17) is 0 Å². The van der Waals surface area contributed by atoms with Crippen LogP contribution in [0.15, 0.2) is 231 Å². The van der Waals surface area contributed by atoms with E-state index < -0.39 is 0 Å². The van der Waals surface area contributed by atoms with Crippen molar-refractivity contribution in [3.63, 3.8) is 0 Å². The van der Waals surface area contributed by atoms with Crippen molar-refractivity contribution in [3.8, 4) is 33.4 Å². The van der Waals surface area contributed by atoms with Gasteiger partial charge >= 0.3 is 0 Å². The number of rotatable bonds is 9. The predicted molar refractivity (Wildman–Crippen MR) is 257 cm³/mol. The summed E-state index contributed by atoms with van der Waals surface area (Å²) in [4.78, 5) is 4.84. The second-order valence-electron chi connectivity index (χ2n) is 15.4. The van der Waals surface area contributed by atoms with Crippen LogP contribution in [0.5, 0.6) is 0 Å². The summed E-state index contributed by atoms with van der Waals surface area (Å²) in [5, 5.41) is 4.81. The largest absolute Gasteiger partial charge is 0.310 e. The highest BCUT2D eigenvalue weighted by Crippen LogP contribution is 2.47. The fourth-order valence-corrected chi connectivity index (χ4v) is 8.86. The molecule has 0 bridgehead atoms. The minimum Gasteiger partial charge on any atom is -0.310 e. The van der Waals surface area contributed by atoms with Crippen molar-refractivity contribution in [1.82, 2.24) is 0 Å². The second kappa shape index (κ2) is 15.9. The first-order valence-electron chi connectivity index (χ1n) is 20.7. The molecule has 2 heteroatoms. The third-order valence-electron chi connectivity index (χ3n) is 11.7. The Morgan fingerprint density at radius 1 is 0.250 bits per heavy atom. The Morgan fingerprint density at radius 3 is 1.18 bits per heavy atom. The molecule has 0 saturated carbocycles. The molecule has 0 heterocycles. The van der Waals surface area contributed by atoms with Crippen molar-refractivity contribution < 1.29 is 0 Å². The molecule has 0 aromatic heterocycles. The zero-order valence-corrected chi connectivity index (χ0v) is 33.8. The van der Waals surface area contributed by atoms with Crippen LogP contribution < -0.4 is 9.80 Å². The minimum absolute atomic E-state index is 1.07. The summed E-state index contributed by atoms with van der Waals surface area (Å²) in [7, 11) is 0. The smallest absolute Gasteiger partial charge is 0.0540 e. The van der Waals surface area contributed by atoms with E-state index in [1.165, 1.54) is 66.1 Å². The topological polar surface area (TPSA) is 6.48 Å². The first-order valence-corrected chi connectivity index (χ1v) is 20.7. The van der Waals surface area contributed by atoms with Gasteiger partial charge in [-0.05, 0) is 124 Å². The fourth-order valence-electron chi connectivity index (χ4n) is 8.86. The lowest BCUT2D eigenvalue weighted by molar-refractivity contribution is 1.25. The summed E-state index contributed by atoms with van der Waals surface area (Å²) in [5.74, 6) is 0. The van der Waals surface area contributed by atoms with Crippen LogP contribution in [0.4, 0.5) is 34.1 Å². The minimum atomic E-state index is 1.07. The third-order valence-corrected chi connectivity index (χ3v) is 11.7. The van der Waals surface area contributed by atoms with Crippen LogP contribution in [-0.4, -0.2) is 0 Å². The van der Waals surface area contributed by atoms with E-state index in [1.807, 2.05) is 0 Å². The molecule has 60 heavy (non-hydrogen) atoms. The van der Waals surface area contributed by atoms with Crippen LogP contribution in [0.3, 0.4) is 0 Å². The van der Waals surface area contributed by atoms with Gasteiger partial charge in [-0.1, -0.05) is 176 Å². The number of benzene rings is 10. The molecule has 0 amide bonds. The fraction of sp³-hybridized carbons (Fsp3) is 0.0345. The van der Waals surface area contributed by atoms with Gasteiger partial charge in [0.15, 0.2) is 0 Å². The summed E-state index contributed by atoms with van der Waals surface area (Å²) in [5.41, 5.74) is 16.4. The van der Waals surface area contributed by atoms with Crippen molar-refractivity contribution in [2.75, 3.05) is 9.80 Å². The molecule has 0 radical (unpaired) electrons. The van der Waals surface area contributed by atoms with Crippen LogP contribution >= 0.6 is 0 Å². The molecule has 0 atom stereocenters. The van der Waals surface area contributed by atoms with E-state index in [-0.39, 0.29) is 0 Å². The van der Waals surface area contributed by atoms with E-state index in [0.29, 0.717) is 0 Å². The second-order valence-corrected chi connectivity index (χ2v) is 15.4. The van der Waals surface area contributed by atoms with Gasteiger partial charge in [0.25, 0.3) is 0 Å². The summed E-state index contributed by atoms with van der Waals surface area (Å²) in [6.07, 6.45) is 0. The van der Waals surface area contributed by atoms with Crippen LogP contribution in [0.2, 0.25) is 0 Å². The normalized spacial score (nSPS) is 11.2. The number of hydrogen-bond acceptors (Lipinski definition) is 2. The quantitative estimate of drug-likeness (QED) is 0.144. The summed E-state index contributed by atoms with van der Waals surface area (Å²) >= 11 is 0.